The number of aliphatic hydroxyl groups excluding tert-OH is 1. The van der Waals surface area contributed by atoms with Gasteiger partial charge in [-0.05, 0) is 28.7 Å². The van der Waals surface area contributed by atoms with Gasteiger partial charge in [-0.25, -0.2) is 0 Å². The zero-order chi connectivity index (χ0) is 21.1. The fourth-order valence-corrected chi connectivity index (χ4v) is 4.90. The Morgan fingerprint density at radius 3 is 1.45 bits per heavy atom. The molecule has 2 heteroatoms. The molecule has 31 heavy (non-hydrogen) atoms. The minimum atomic E-state index is -0.438. The SMILES string of the molecule is OC(Cc1ccccc1)[C@H]1CN1C(c1ccccc1)(c1ccccc1)c1ccccc1. The molecule has 1 aliphatic rings. The highest BCUT2D eigenvalue weighted by molar-refractivity contribution is 5.51. The van der Waals surface area contributed by atoms with Crippen molar-refractivity contribution >= 4 is 0 Å². The highest BCUT2D eigenvalue weighted by atomic mass is 16.3. The van der Waals surface area contributed by atoms with Gasteiger partial charge in [0.2, 0.25) is 0 Å². The summed E-state index contributed by atoms with van der Waals surface area (Å²) in [6.07, 6.45) is 0.245. The van der Waals surface area contributed by atoms with E-state index in [2.05, 4.69) is 108 Å². The molecule has 1 N–H and O–H groups in total. The van der Waals surface area contributed by atoms with Crippen LogP contribution in [0.1, 0.15) is 22.3 Å². The largest absolute Gasteiger partial charge is 0.391 e. The van der Waals surface area contributed by atoms with Crippen molar-refractivity contribution in [2.24, 2.45) is 0 Å². The van der Waals surface area contributed by atoms with Crippen LogP contribution in [0.5, 0.6) is 0 Å². The molecule has 4 aromatic rings. The van der Waals surface area contributed by atoms with Crippen molar-refractivity contribution in [2.45, 2.75) is 24.1 Å². The summed E-state index contributed by atoms with van der Waals surface area (Å²) in [6, 6.07) is 42.4. The molecule has 2 unspecified atom stereocenters. The molecule has 1 heterocycles. The standard InChI is InChI=1S/C29H27NO/c31-28(21-23-13-5-1-6-14-23)27-22-30(27)29(24-15-7-2-8-16-24,25-17-9-3-10-18-25)26-19-11-4-12-20-26/h1-20,27-28,31H,21-22H2/t27-,28?,30?/m1/s1. The van der Waals surface area contributed by atoms with Crippen molar-refractivity contribution in [2.75, 3.05) is 6.54 Å². The van der Waals surface area contributed by atoms with Crippen LogP contribution in [0.25, 0.3) is 0 Å². The highest BCUT2D eigenvalue weighted by Crippen LogP contribution is 2.49. The number of nitrogens with zero attached hydrogens (tertiary/aromatic N) is 1. The maximum atomic E-state index is 11.2. The molecule has 0 aromatic heterocycles. The summed E-state index contributed by atoms with van der Waals surface area (Å²) in [5, 5.41) is 11.2. The second kappa shape index (κ2) is 8.50. The highest BCUT2D eigenvalue weighted by Gasteiger charge is 2.55. The number of rotatable bonds is 7. The Balaban J connectivity index is 1.60. The number of benzene rings is 4. The van der Waals surface area contributed by atoms with Crippen molar-refractivity contribution in [1.29, 1.82) is 0 Å². The molecule has 5 rings (SSSR count). The first-order chi connectivity index (χ1) is 15.3. The smallest absolute Gasteiger partial charge is 0.0977 e. The summed E-state index contributed by atoms with van der Waals surface area (Å²) >= 11 is 0. The quantitative estimate of drug-likeness (QED) is 0.335. The Hall–Kier alpha value is -3.20. The van der Waals surface area contributed by atoms with Crippen LogP contribution < -0.4 is 0 Å². The molecule has 0 amide bonds. The molecule has 4 aromatic carbocycles. The van der Waals surface area contributed by atoms with Crippen LogP contribution >= 0.6 is 0 Å². The monoisotopic (exact) mass is 405 g/mol. The zero-order valence-corrected chi connectivity index (χ0v) is 17.5. The molecular formula is C29H27NO. The molecule has 0 radical (unpaired) electrons. The van der Waals surface area contributed by atoms with Gasteiger partial charge in [-0.3, -0.25) is 4.90 Å². The molecule has 154 valence electrons. The van der Waals surface area contributed by atoms with E-state index in [0.29, 0.717) is 6.42 Å². The summed E-state index contributed by atoms with van der Waals surface area (Å²) in [5.41, 5.74) is 4.41. The predicted molar refractivity (Wildman–Crippen MR) is 126 cm³/mol. The van der Waals surface area contributed by atoms with Crippen LogP contribution in [0.3, 0.4) is 0 Å². The average Bonchev–Trinajstić information content (AvgIpc) is 3.64. The Morgan fingerprint density at radius 2 is 1.03 bits per heavy atom. The lowest BCUT2D eigenvalue weighted by atomic mass is 9.76. The summed E-state index contributed by atoms with van der Waals surface area (Å²) in [4.78, 5) is 2.46. The third-order valence-corrected chi connectivity index (χ3v) is 6.39. The number of hydrogen-bond acceptors (Lipinski definition) is 2. The van der Waals surface area contributed by atoms with E-state index in [4.69, 9.17) is 0 Å². The fourth-order valence-electron chi connectivity index (χ4n) is 4.90. The summed E-state index contributed by atoms with van der Waals surface area (Å²) in [7, 11) is 0. The molecule has 1 saturated heterocycles. The van der Waals surface area contributed by atoms with Crippen LogP contribution in [0.15, 0.2) is 121 Å². The van der Waals surface area contributed by atoms with Crippen LogP contribution in [-0.2, 0) is 12.0 Å². The van der Waals surface area contributed by atoms with Crippen LogP contribution in [0, 0.1) is 0 Å². The van der Waals surface area contributed by atoms with Gasteiger partial charge in [0.05, 0.1) is 17.7 Å². The first kappa shape index (κ1) is 19.7. The van der Waals surface area contributed by atoms with Crippen LogP contribution in [0.2, 0.25) is 0 Å². The van der Waals surface area contributed by atoms with Crippen molar-refractivity contribution < 1.29 is 5.11 Å². The maximum Gasteiger partial charge on any atom is 0.0977 e. The van der Waals surface area contributed by atoms with E-state index in [1.807, 2.05) is 18.2 Å². The van der Waals surface area contributed by atoms with Crippen LogP contribution in [-0.4, -0.2) is 28.7 Å². The molecule has 1 aliphatic heterocycles. The van der Waals surface area contributed by atoms with E-state index in [-0.39, 0.29) is 6.04 Å². The van der Waals surface area contributed by atoms with Crippen molar-refractivity contribution in [3.05, 3.63) is 144 Å². The maximum absolute atomic E-state index is 11.2. The van der Waals surface area contributed by atoms with Crippen molar-refractivity contribution in [1.82, 2.24) is 4.90 Å². The molecule has 1 fully saturated rings. The summed E-state index contributed by atoms with van der Waals surface area (Å²) < 4.78 is 0. The molecule has 0 aliphatic carbocycles. The normalized spacial score (nSPS) is 19.0. The number of aliphatic hydroxyl groups is 1. The third kappa shape index (κ3) is 3.69. The topological polar surface area (TPSA) is 23.2 Å². The van der Waals surface area contributed by atoms with E-state index in [1.165, 1.54) is 22.3 Å². The van der Waals surface area contributed by atoms with Gasteiger partial charge in [0.1, 0.15) is 0 Å². The van der Waals surface area contributed by atoms with Crippen molar-refractivity contribution in [3.63, 3.8) is 0 Å². The zero-order valence-electron chi connectivity index (χ0n) is 17.5. The van der Waals surface area contributed by atoms with Gasteiger partial charge in [0.25, 0.3) is 0 Å². The first-order valence-electron chi connectivity index (χ1n) is 11.0. The molecular weight excluding hydrogens is 378 g/mol. The third-order valence-electron chi connectivity index (χ3n) is 6.39. The summed E-state index contributed by atoms with van der Waals surface area (Å²) in [5.74, 6) is 0. The van der Waals surface area contributed by atoms with Gasteiger partial charge in [-0.1, -0.05) is 121 Å². The predicted octanol–water partition coefficient (Wildman–Crippen LogP) is 5.27. The van der Waals surface area contributed by atoms with Gasteiger partial charge in [-0.15, -0.1) is 0 Å². The van der Waals surface area contributed by atoms with E-state index in [1.54, 1.807) is 0 Å². The Labute approximate surface area is 184 Å². The van der Waals surface area contributed by atoms with Gasteiger partial charge >= 0.3 is 0 Å². The van der Waals surface area contributed by atoms with E-state index in [9.17, 15) is 5.11 Å². The van der Waals surface area contributed by atoms with E-state index >= 15 is 0 Å². The number of hydrogen-bond donors (Lipinski definition) is 1. The minimum Gasteiger partial charge on any atom is -0.391 e. The van der Waals surface area contributed by atoms with Crippen molar-refractivity contribution in [3.8, 4) is 0 Å². The first-order valence-corrected chi connectivity index (χ1v) is 11.0. The van der Waals surface area contributed by atoms with Gasteiger partial charge in [-0.2, -0.15) is 0 Å². The Kier molecular flexibility index (Phi) is 5.42. The summed E-state index contributed by atoms with van der Waals surface area (Å²) in [6.45, 7) is 0.854. The average molecular weight is 406 g/mol. The van der Waals surface area contributed by atoms with E-state index < -0.39 is 11.6 Å². The second-order valence-electron chi connectivity index (χ2n) is 8.29. The molecule has 3 atom stereocenters. The Morgan fingerprint density at radius 1 is 0.645 bits per heavy atom. The fraction of sp³-hybridized carbons (Fsp3) is 0.172. The van der Waals surface area contributed by atoms with Gasteiger partial charge < -0.3 is 5.11 Å². The molecule has 0 saturated carbocycles. The lowest BCUT2D eigenvalue weighted by Crippen LogP contribution is -2.40. The van der Waals surface area contributed by atoms with Gasteiger partial charge in [0, 0.05) is 6.54 Å². The molecule has 0 bridgehead atoms. The van der Waals surface area contributed by atoms with Gasteiger partial charge in [0.15, 0.2) is 0 Å². The molecule has 2 nitrogen and oxygen atoms in total. The minimum absolute atomic E-state index is 0.0980. The van der Waals surface area contributed by atoms with Crippen LogP contribution in [0.4, 0.5) is 0 Å². The Bertz CT molecular complexity index is 1000. The molecule has 0 spiro atoms. The lowest BCUT2D eigenvalue weighted by molar-refractivity contribution is 0.140. The van der Waals surface area contributed by atoms with E-state index in [0.717, 1.165) is 6.54 Å². The lowest BCUT2D eigenvalue weighted by Gasteiger charge is -2.38. The second-order valence-corrected chi connectivity index (χ2v) is 8.29.